The Kier molecular flexibility index (Phi) is 3.22. The Balaban J connectivity index is 2.06. The summed E-state index contributed by atoms with van der Waals surface area (Å²) in [5, 5.41) is 9.21. The Hall–Kier alpha value is -1.71. The van der Waals surface area contributed by atoms with Gasteiger partial charge in [0.2, 0.25) is 0 Å². The van der Waals surface area contributed by atoms with E-state index in [1.165, 1.54) is 0 Å². The highest BCUT2D eigenvalue weighted by Gasteiger charge is 2.25. The van der Waals surface area contributed by atoms with Gasteiger partial charge in [-0.3, -0.25) is 4.90 Å². The molecule has 1 heterocycles. The van der Waals surface area contributed by atoms with E-state index in [2.05, 4.69) is 6.92 Å². The molecule has 2 rings (SSSR count). The average molecular weight is 234 g/mol. The van der Waals surface area contributed by atoms with Gasteiger partial charge >= 0.3 is 6.03 Å². The van der Waals surface area contributed by atoms with Gasteiger partial charge in [-0.05, 0) is 36.6 Å². The number of anilines is 1. The highest BCUT2D eigenvalue weighted by Crippen LogP contribution is 2.21. The first kappa shape index (κ1) is 11.8. The monoisotopic (exact) mass is 234 g/mol. The van der Waals surface area contributed by atoms with Gasteiger partial charge < -0.3 is 10.0 Å². The van der Waals surface area contributed by atoms with E-state index in [1.54, 1.807) is 36.2 Å². The highest BCUT2D eigenvalue weighted by atomic mass is 16.3. The van der Waals surface area contributed by atoms with E-state index in [9.17, 15) is 9.90 Å². The van der Waals surface area contributed by atoms with Crippen LogP contribution in [0.1, 0.15) is 13.3 Å². The van der Waals surface area contributed by atoms with E-state index in [0.717, 1.165) is 25.2 Å². The molecule has 92 valence electrons. The number of rotatable bonds is 1. The molecule has 0 aromatic heterocycles. The smallest absolute Gasteiger partial charge is 0.324 e. The number of amides is 2. The number of nitrogens with zero attached hydrogens (tertiary/aromatic N) is 2. The normalized spacial score (nSPS) is 19.4. The molecular weight excluding hydrogens is 216 g/mol. The van der Waals surface area contributed by atoms with Crippen LogP contribution in [0.15, 0.2) is 24.3 Å². The second-order valence-electron chi connectivity index (χ2n) is 4.70. The standard InChI is InChI=1S/C13H18N2O2/c1-10-7-8-15(9-10)13(17)14(2)11-3-5-12(16)6-4-11/h3-6,10,16H,7-9H2,1-2H3/t10-/m0/s1. The lowest BCUT2D eigenvalue weighted by Crippen LogP contribution is -2.39. The molecule has 1 aromatic carbocycles. The molecule has 1 N–H and O–H groups in total. The van der Waals surface area contributed by atoms with Crippen LogP contribution in [-0.4, -0.2) is 36.2 Å². The number of phenolic OH excluding ortho intramolecular Hbond substituents is 1. The summed E-state index contributed by atoms with van der Waals surface area (Å²) in [5.74, 6) is 0.802. The maximum Gasteiger partial charge on any atom is 0.324 e. The molecule has 17 heavy (non-hydrogen) atoms. The third-order valence-corrected chi connectivity index (χ3v) is 3.22. The zero-order valence-electron chi connectivity index (χ0n) is 10.3. The summed E-state index contributed by atoms with van der Waals surface area (Å²) < 4.78 is 0. The minimum atomic E-state index is 0.0278. The molecular formula is C13H18N2O2. The summed E-state index contributed by atoms with van der Waals surface area (Å²) in [4.78, 5) is 15.7. The summed E-state index contributed by atoms with van der Waals surface area (Å²) in [7, 11) is 1.76. The number of hydrogen-bond acceptors (Lipinski definition) is 2. The topological polar surface area (TPSA) is 43.8 Å². The maximum atomic E-state index is 12.2. The number of carbonyl (C=O) groups is 1. The van der Waals surface area contributed by atoms with E-state index < -0.39 is 0 Å². The highest BCUT2D eigenvalue weighted by molar-refractivity contribution is 5.91. The van der Waals surface area contributed by atoms with Gasteiger partial charge in [-0.2, -0.15) is 0 Å². The van der Waals surface area contributed by atoms with Crippen molar-refractivity contribution in [1.82, 2.24) is 4.90 Å². The molecule has 1 saturated heterocycles. The zero-order valence-corrected chi connectivity index (χ0v) is 10.3. The molecule has 0 radical (unpaired) electrons. The van der Waals surface area contributed by atoms with E-state index in [4.69, 9.17) is 0 Å². The van der Waals surface area contributed by atoms with Crippen molar-refractivity contribution in [2.24, 2.45) is 5.92 Å². The quantitative estimate of drug-likeness (QED) is 0.810. The Morgan fingerprint density at radius 3 is 2.59 bits per heavy atom. The van der Waals surface area contributed by atoms with E-state index in [-0.39, 0.29) is 11.8 Å². The fraction of sp³-hybridized carbons (Fsp3) is 0.462. The van der Waals surface area contributed by atoms with Crippen LogP contribution < -0.4 is 4.90 Å². The predicted octanol–water partition coefficient (Wildman–Crippen LogP) is 2.29. The molecule has 0 saturated carbocycles. The molecule has 0 bridgehead atoms. The van der Waals surface area contributed by atoms with Crippen LogP contribution in [-0.2, 0) is 0 Å². The lowest BCUT2D eigenvalue weighted by Gasteiger charge is -2.24. The summed E-state index contributed by atoms with van der Waals surface area (Å²) in [6.07, 6.45) is 1.08. The Morgan fingerprint density at radius 1 is 1.41 bits per heavy atom. The minimum absolute atomic E-state index is 0.0278. The molecule has 1 fully saturated rings. The molecule has 1 aliphatic rings. The van der Waals surface area contributed by atoms with Gasteiger partial charge in [0.15, 0.2) is 0 Å². The second kappa shape index (κ2) is 4.65. The summed E-state index contributed by atoms with van der Waals surface area (Å²) in [5.41, 5.74) is 0.798. The molecule has 1 atom stereocenters. The average Bonchev–Trinajstić information content (AvgIpc) is 2.75. The van der Waals surface area contributed by atoms with Crippen molar-refractivity contribution in [2.45, 2.75) is 13.3 Å². The fourth-order valence-corrected chi connectivity index (χ4v) is 2.11. The number of benzene rings is 1. The van der Waals surface area contributed by atoms with E-state index >= 15 is 0 Å². The van der Waals surface area contributed by atoms with E-state index in [0.29, 0.717) is 5.92 Å². The van der Waals surface area contributed by atoms with Gasteiger partial charge in [-0.15, -0.1) is 0 Å². The van der Waals surface area contributed by atoms with Crippen LogP contribution in [0.2, 0.25) is 0 Å². The van der Waals surface area contributed by atoms with Crippen molar-refractivity contribution in [3.8, 4) is 5.75 Å². The predicted molar refractivity (Wildman–Crippen MR) is 67.3 cm³/mol. The number of aromatic hydroxyl groups is 1. The molecule has 0 unspecified atom stereocenters. The molecule has 2 amide bonds. The molecule has 1 aromatic rings. The van der Waals surface area contributed by atoms with Crippen molar-refractivity contribution in [1.29, 1.82) is 0 Å². The maximum absolute atomic E-state index is 12.2. The Labute approximate surface area is 101 Å². The largest absolute Gasteiger partial charge is 0.508 e. The first-order chi connectivity index (χ1) is 8.08. The molecule has 4 heteroatoms. The lowest BCUT2D eigenvalue weighted by atomic mass is 10.2. The number of hydrogen-bond donors (Lipinski definition) is 1. The van der Waals surface area contributed by atoms with Crippen LogP contribution in [0.4, 0.5) is 10.5 Å². The lowest BCUT2D eigenvalue weighted by molar-refractivity contribution is 0.215. The van der Waals surface area contributed by atoms with Crippen molar-refractivity contribution in [3.05, 3.63) is 24.3 Å². The van der Waals surface area contributed by atoms with Crippen LogP contribution in [0.25, 0.3) is 0 Å². The summed E-state index contributed by atoms with van der Waals surface area (Å²) in [6, 6.07) is 6.69. The third kappa shape index (κ3) is 2.52. The minimum Gasteiger partial charge on any atom is -0.508 e. The summed E-state index contributed by atoms with van der Waals surface area (Å²) >= 11 is 0. The van der Waals surface area contributed by atoms with Gasteiger partial charge in [0.1, 0.15) is 5.75 Å². The SMILES string of the molecule is C[C@H]1CCN(C(=O)N(C)c2ccc(O)cc2)C1. The molecule has 4 nitrogen and oxygen atoms in total. The number of likely N-dealkylation sites (tertiary alicyclic amines) is 1. The van der Waals surface area contributed by atoms with Gasteiger partial charge in [0, 0.05) is 25.8 Å². The molecule has 1 aliphatic heterocycles. The summed E-state index contributed by atoms with van der Waals surface area (Å²) in [6.45, 7) is 3.83. The van der Waals surface area contributed by atoms with Crippen LogP contribution in [0.5, 0.6) is 5.75 Å². The Morgan fingerprint density at radius 2 is 2.06 bits per heavy atom. The van der Waals surface area contributed by atoms with Crippen molar-refractivity contribution < 1.29 is 9.90 Å². The van der Waals surface area contributed by atoms with E-state index in [1.807, 2.05) is 4.90 Å². The fourth-order valence-electron chi connectivity index (χ4n) is 2.11. The van der Waals surface area contributed by atoms with Crippen LogP contribution in [0.3, 0.4) is 0 Å². The number of carbonyl (C=O) groups excluding carboxylic acids is 1. The number of phenols is 1. The second-order valence-corrected chi connectivity index (χ2v) is 4.70. The first-order valence-electron chi connectivity index (χ1n) is 5.89. The van der Waals surface area contributed by atoms with Crippen LogP contribution >= 0.6 is 0 Å². The van der Waals surface area contributed by atoms with Crippen molar-refractivity contribution >= 4 is 11.7 Å². The van der Waals surface area contributed by atoms with Crippen molar-refractivity contribution in [2.75, 3.05) is 25.0 Å². The number of urea groups is 1. The third-order valence-electron chi connectivity index (χ3n) is 3.22. The molecule has 0 aliphatic carbocycles. The van der Waals surface area contributed by atoms with Crippen LogP contribution in [0, 0.1) is 5.92 Å². The van der Waals surface area contributed by atoms with Gasteiger partial charge in [0.25, 0.3) is 0 Å². The molecule has 0 spiro atoms. The Bertz CT molecular complexity index is 402. The van der Waals surface area contributed by atoms with Gasteiger partial charge in [-0.1, -0.05) is 6.92 Å². The van der Waals surface area contributed by atoms with Gasteiger partial charge in [0.05, 0.1) is 0 Å². The zero-order chi connectivity index (χ0) is 12.4. The van der Waals surface area contributed by atoms with Gasteiger partial charge in [-0.25, -0.2) is 4.79 Å². The first-order valence-corrected chi connectivity index (χ1v) is 5.89. The van der Waals surface area contributed by atoms with Crippen molar-refractivity contribution in [3.63, 3.8) is 0 Å².